The zero-order chi connectivity index (χ0) is 17.3. The molecule has 2 N–H and O–H groups in total. The van der Waals surface area contributed by atoms with Crippen LogP contribution in [-0.4, -0.2) is 14.4 Å². The first kappa shape index (κ1) is 15.9. The number of fused-ring (bicyclic) bond motifs is 1. The summed E-state index contributed by atoms with van der Waals surface area (Å²) in [5.74, 6) is -2.25. The molecule has 3 aromatic rings. The zero-order valence-corrected chi connectivity index (χ0v) is 12.7. The molecule has 9 heteroatoms. The Kier molecular flexibility index (Phi) is 3.94. The summed E-state index contributed by atoms with van der Waals surface area (Å²) in [4.78, 5) is 11.6. The van der Waals surface area contributed by atoms with Gasteiger partial charge in [0.15, 0.2) is 11.6 Å². The molecule has 24 heavy (non-hydrogen) atoms. The molecule has 1 heterocycles. The number of nitrogens with one attached hydrogen (secondary N) is 2. The average Bonchev–Trinajstić information content (AvgIpc) is 2.95. The molecule has 0 aliphatic heterocycles. The molecule has 1 aromatic heterocycles. The fraction of sp³-hybridized carbons (Fsp3) is 0. The van der Waals surface area contributed by atoms with Crippen LogP contribution >= 0.6 is 0 Å². The van der Waals surface area contributed by atoms with E-state index in [1.807, 2.05) is 0 Å². The molecule has 0 radical (unpaired) electrons. The van der Waals surface area contributed by atoms with Crippen LogP contribution in [0, 0.1) is 11.6 Å². The molecule has 0 bridgehead atoms. The minimum Gasteiger partial charge on any atom is -0.463 e. The van der Waals surface area contributed by atoms with Gasteiger partial charge in [-0.15, -0.1) is 0 Å². The van der Waals surface area contributed by atoms with Gasteiger partial charge in [-0.2, -0.15) is 0 Å². The molecular weight excluding hydrogens is 342 g/mol. The predicted molar refractivity (Wildman–Crippen MR) is 81.9 cm³/mol. The van der Waals surface area contributed by atoms with Crippen molar-refractivity contribution in [1.82, 2.24) is 4.72 Å². The zero-order valence-electron chi connectivity index (χ0n) is 11.9. The third-order valence-electron chi connectivity index (χ3n) is 3.14. The average molecular weight is 352 g/mol. The summed E-state index contributed by atoms with van der Waals surface area (Å²) in [6, 6.07) is 7.92. The van der Waals surface area contributed by atoms with Gasteiger partial charge in [-0.25, -0.2) is 26.7 Å². The van der Waals surface area contributed by atoms with Crippen molar-refractivity contribution < 1.29 is 26.4 Å². The van der Waals surface area contributed by atoms with Gasteiger partial charge in [0, 0.05) is 17.1 Å². The molecule has 0 atom stereocenters. The number of carbonyl (C=O) groups excluding carboxylic acids is 1. The number of halogens is 2. The first-order valence-electron chi connectivity index (χ1n) is 6.62. The van der Waals surface area contributed by atoms with E-state index < -0.39 is 27.7 Å². The van der Waals surface area contributed by atoms with Crippen LogP contribution in [0.5, 0.6) is 0 Å². The number of para-hydroxylation sites is 1. The number of carbonyl (C=O) groups is 1. The topological polar surface area (TPSA) is 88.4 Å². The highest BCUT2D eigenvalue weighted by Gasteiger charge is 2.22. The summed E-state index contributed by atoms with van der Waals surface area (Å²) in [5.41, 5.74) is 0.248. The van der Waals surface area contributed by atoms with E-state index in [1.165, 1.54) is 6.07 Å². The van der Waals surface area contributed by atoms with Crippen LogP contribution in [0.3, 0.4) is 0 Å². The summed E-state index contributed by atoms with van der Waals surface area (Å²) in [6.07, 6.45) is 1.01. The highest BCUT2D eigenvalue weighted by atomic mass is 32.2. The summed E-state index contributed by atoms with van der Waals surface area (Å²) in [5, 5.41) is 2.42. The van der Waals surface area contributed by atoms with Crippen molar-refractivity contribution in [3.05, 3.63) is 60.4 Å². The van der Waals surface area contributed by atoms with Crippen molar-refractivity contribution in [2.24, 2.45) is 0 Å². The number of hydrogen-bond acceptors (Lipinski definition) is 4. The number of furan rings is 1. The summed E-state index contributed by atoms with van der Waals surface area (Å²) >= 11 is 0. The Morgan fingerprint density at radius 1 is 1.04 bits per heavy atom. The number of amides is 2. The molecule has 2 amide bonds. The maximum absolute atomic E-state index is 13.1. The van der Waals surface area contributed by atoms with E-state index >= 15 is 0 Å². The van der Waals surface area contributed by atoms with Crippen LogP contribution in [0.1, 0.15) is 0 Å². The van der Waals surface area contributed by atoms with Crippen LogP contribution in [0.4, 0.5) is 19.3 Å². The third-order valence-corrected chi connectivity index (χ3v) is 4.49. The normalized spacial score (nSPS) is 11.4. The van der Waals surface area contributed by atoms with Crippen molar-refractivity contribution in [3.8, 4) is 0 Å². The largest absolute Gasteiger partial charge is 0.463 e. The van der Waals surface area contributed by atoms with Crippen molar-refractivity contribution in [1.29, 1.82) is 0 Å². The Morgan fingerprint density at radius 3 is 2.54 bits per heavy atom. The van der Waals surface area contributed by atoms with Gasteiger partial charge in [-0.05, 0) is 24.3 Å². The highest BCUT2D eigenvalue weighted by Crippen LogP contribution is 2.24. The smallest absolute Gasteiger partial charge is 0.333 e. The van der Waals surface area contributed by atoms with E-state index in [0.29, 0.717) is 11.0 Å². The van der Waals surface area contributed by atoms with Crippen LogP contribution in [0.2, 0.25) is 0 Å². The molecule has 0 fully saturated rings. The Hall–Kier alpha value is -2.94. The number of rotatable bonds is 3. The van der Waals surface area contributed by atoms with Gasteiger partial charge in [0.25, 0.3) is 10.0 Å². The number of anilines is 1. The van der Waals surface area contributed by atoms with Crippen molar-refractivity contribution >= 4 is 32.7 Å². The van der Waals surface area contributed by atoms with Crippen LogP contribution in [-0.2, 0) is 10.0 Å². The Labute approximate surface area is 135 Å². The fourth-order valence-electron chi connectivity index (χ4n) is 2.07. The Bertz CT molecular complexity index is 1030. The SMILES string of the molecule is O=C(Nc1ccc(F)c(F)c1)NS(=O)(=O)c1coc2ccccc12. The second-order valence-electron chi connectivity index (χ2n) is 4.78. The molecule has 0 spiro atoms. The number of sulfonamides is 1. The van der Waals surface area contributed by atoms with E-state index in [9.17, 15) is 22.0 Å². The van der Waals surface area contributed by atoms with Gasteiger partial charge >= 0.3 is 6.03 Å². The van der Waals surface area contributed by atoms with Gasteiger partial charge in [0.2, 0.25) is 0 Å². The maximum atomic E-state index is 13.1. The van der Waals surface area contributed by atoms with Gasteiger partial charge in [-0.3, -0.25) is 0 Å². The fourth-order valence-corrected chi connectivity index (χ4v) is 3.11. The molecule has 2 aromatic carbocycles. The lowest BCUT2D eigenvalue weighted by atomic mass is 10.3. The molecule has 0 saturated carbocycles. The molecule has 6 nitrogen and oxygen atoms in total. The van der Waals surface area contributed by atoms with Gasteiger partial charge in [-0.1, -0.05) is 12.1 Å². The van der Waals surface area contributed by atoms with Crippen LogP contribution in [0.15, 0.2) is 58.0 Å². The van der Waals surface area contributed by atoms with Gasteiger partial charge in [0.05, 0.1) is 0 Å². The predicted octanol–water partition coefficient (Wildman–Crippen LogP) is 3.22. The molecule has 124 valence electrons. The van der Waals surface area contributed by atoms with Crippen molar-refractivity contribution in [2.45, 2.75) is 4.90 Å². The standard InChI is InChI=1S/C15H10F2N2O4S/c16-11-6-5-9(7-12(11)17)18-15(20)19-24(21,22)14-8-23-13-4-2-1-3-10(13)14/h1-8H,(H2,18,19,20). The molecule has 3 rings (SSSR count). The second kappa shape index (κ2) is 5.93. The lowest BCUT2D eigenvalue weighted by Crippen LogP contribution is -2.34. The minimum atomic E-state index is -4.20. The summed E-state index contributed by atoms with van der Waals surface area (Å²) in [7, 11) is -4.20. The van der Waals surface area contributed by atoms with E-state index in [4.69, 9.17) is 4.42 Å². The molecular formula is C15H10F2N2O4S. The molecule has 0 aliphatic carbocycles. The number of benzene rings is 2. The Morgan fingerprint density at radius 2 is 1.79 bits per heavy atom. The van der Waals surface area contributed by atoms with Crippen LogP contribution in [0.25, 0.3) is 11.0 Å². The third kappa shape index (κ3) is 3.06. The lowest BCUT2D eigenvalue weighted by Gasteiger charge is -2.08. The highest BCUT2D eigenvalue weighted by molar-refractivity contribution is 7.90. The van der Waals surface area contributed by atoms with E-state index in [2.05, 4.69) is 5.32 Å². The van der Waals surface area contributed by atoms with Gasteiger partial charge in [0.1, 0.15) is 16.7 Å². The van der Waals surface area contributed by atoms with Crippen LogP contribution < -0.4 is 10.0 Å². The van der Waals surface area contributed by atoms with E-state index in [0.717, 1.165) is 24.5 Å². The number of hydrogen-bond donors (Lipinski definition) is 2. The minimum absolute atomic E-state index is 0.0985. The molecule has 0 aliphatic rings. The first-order chi connectivity index (χ1) is 11.4. The second-order valence-corrected chi connectivity index (χ2v) is 6.44. The van der Waals surface area contributed by atoms with E-state index in [-0.39, 0.29) is 10.6 Å². The first-order valence-corrected chi connectivity index (χ1v) is 8.10. The van der Waals surface area contributed by atoms with Crippen molar-refractivity contribution in [3.63, 3.8) is 0 Å². The van der Waals surface area contributed by atoms with Gasteiger partial charge < -0.3 is 9.73 Å². The molecule has 0 saturated heterocycles. The van der Waals surface area contributed by atoms with E-state index in [1.54, 1.807) is 22.9 Å². The monoisotopic (exact) mass is 352 g/mol. The summed E-state index contributed by atoms with van der Waals surface area (Å²) < 4.78 is 57.3. The lowest BCUT2D eigenvalue weighted by molar-refractivity contribution is 0.256. The number of urea groups is 1. The summed E-state index contributed by atoms with van der Waals surface area (Å²) in [6.45, 7) is 0. The quantitative estimate of drug-likeness (QED) is 0.757. The molecule has 0 unspecified atom stereocenters. The Balaban J connectivity index is 1.81. The van der Waals surface area contributed by atoms with Crippen molar-refractivity contribution in [2.75, 3.05) is 5.32 Å². The maximum Gasteiger partial charge on any atom is 0.333 e.